The number of halogens is 1. The van der Waals surface area contributed by atoms with Crippen molar-refractivity contribution in [1.29, 1.82) is 0 Å². The molecule has 2 aliphatic rings. The second kappa shape index (κ2) is 5.27. The average Bonchev–Trinajstić information content (AvgIpc) is 2.31. The number of piperidine rings is 1. The van der Waals surface area contributed by atoms with E-state index in [1.165, 1.54) is 50.8 Å². The van der Waals surface area contributed by atoms with Crippen LogP contribution in [0, 0.1) is 5.82 Å². The first-order valence-corrected chi connectivity index (χ1v) is 7.07. The first-order chi connectivity index (χ1) is 8.81. The number of rotatable bonds is 3. The number of likely N-dealkylation sites (tertiary alicyclic amines) is 1. The maximum absolute atomic E-state index is 12.9. The molecule has 1 atom stereocenters. The van der Waals surface area contributed by atoms with Gasteiger partial charge in [0.1, 0.15) is 5.82 Å². The number of hydrogen-bond acceptors (Lipinski definition) is 2. The highest BCUT2D eigenvalue weighted by Crippen LogP contribution is 2.28. The van der Waals surface area contributed by atoms with Crippen molar-refractivity contribution in [3.8, 4) is 0 Å². The molecule has 0 amide bonds. The predicted octanol–water partition coefficient (Wildman–Crippen LogP) is 3.25. The first-order valence-electron chi connectivity index (χ1n) is 7.07. The highest BCUT2D eigenvalue weighted by Gasteiger charge is 2.29. The van der Waals surface area contributed by atoms with Crippen LogP contribution in [0.1, 0.15) is 32.1 Å². The van der Waals surface area contributed by atoms with Crippen molar-refractivity contribution in [2.75, 3.05) is 18.4 Å². The molecule has 1 unspecified atom stereocenters. The van der Waals surface area contributed by atoms with E-state index in [9.17, 15) is 4.39 Å². The molecule has 18 heavy (non-hydrogen) atoms. The van der Waals surface area contributed by atoms with Gasteiger partial charge in [0.25, 0.3) is 0 Å². The largest absolute Gasteiger partial charge is 0.381 e. The van der Waals surface area contributed by atoms with Crippen LogP contribution in [0.15, 0.2) is 24.3 Å². The highest BCUT2D eigenvalue weighted by molar-refractivity contribution is 5.43. The van der Waals surface area contributed by atoms with Crippen molar-refractivity contribution in [3.63, 3.8) is 0 Å². The molecule has 1 heterocycles. The Bertz CT molecular complexity index is 386. The van der Waals surface area contributed by atoms with Gasteiger partial charge in [0.05, 0.1) is 0 Å². The van der Waals surface area contributed by atoms with E-state index >= 15 is 0 Å². The summed E-state index contributed by atoms with van der Waals surface area (Å²) in [6.07, 6.45) is 6.65. The third-order valence-corrected chi connectivity index (χ3v) is 4.26. The Kier molecular flexibility index (Phi) is 3.50. The molecule has 1 aliphatic carbocycles. The van der Waals surface area contributed by atoms with Crippen LogP contribution >= 0.6 is 0 Å². The van der Waals surface area contributed by atoms with Crippen LogP contribution in [-0.2, 0) is 0 Å². The second-order valence-corrected chi connectivity index (χ2v) is 5.57. The molecule has 0 bridgehead atoms. The number of nitrogens with one attached hydrogen (secondary N) is 1. The van der Waals surface area contributed by atoms with Crippen LogP contribution < -0.4 is 5.32 Å². The van der Waals surface area contributed by atoms with Gasteiger partial charge < -0.3 is 5.32 Å². The van der Waals surface area contributed by atoms with Gasteiger partial charge in [-0.05, 0) is 56.5 Å². The SMILES string of the molecule is Fc1ccc(NC2CCCN(C3CCC3)C2)cc1. The molecule has 98 valence electrons. The van der Waals surface area contributed by atoms with E-state index < -0.39 is 0 Å². The quantitative estimate of drug-likeness (QED) is 0.883. The minimum atomic E-state index is -0.166. The van der Waals surface area contributed by atoms with Crippen LogP contribution in [0.3, 0.4) is 0 Å². The fourth-order valence-electron chi connectivity index (χ4n) is 2.99. The van der Waals surface area contributed by atoms with Gasteiger partial charge in [0.2, 0.25) is 0 Å². The summed E-state index contributed by atoms with van der Waals surface area (Å²) in [6.45, 7) is 2.40. The van der Waals surface area contributed by atoms with E-state index in [2.05, 4.69) is 10.2 Å². The van der Waals surface area contributed by atoms with Gasteiger partial charge in [-0.3, -0.25) is 4.90 Å². The Hall–Kier alpha value is -1.09. The van der Waals surface area contributed by atoms with Gasteiger partial charge in [-0.1, -0.05) is 6.42 Å². The van der Waals surface area contributed by atoms with Crippen LogP contribution in [-0.4, -0.2) is 30.1 Å². The highest BCUT2D eigenvalue weighted by atomic mass is 19.1. The van der Waals surface area contributed by atoms with Crippen LogP contribution in [0.5, 0.6) is 0 Å². The van der Waals surface area contributed by atoms with Crippen molar-refractivity contribution < 1.29 is 4.39 Å². The molecule has 0 spiro atoms. The topological polar surface area (TPSA) is 15.3 Å². The standard InChI is InChI=1S/C15H21FN2/c16-12-6-8-13(9-7-12)17-14-3-2-10-18(11-14)15-4-1-5-15/h6-9,14-15,17H,1-5,10-11H2. The molecular formula is C15H21FN2. The molecular weight excluding hydrogens is 227 g/mol. The van der Waals surface area contributed by atoms with Gasteiger partial charge in [-0.15, -0.1) is 0 Å². The second-order valence-electron chi connectivity index (χ2n) is 5.57. The molecule has 2 nitrogen and oxygen atoms in total. The Balaban J connectivity index is 1.57. The van der Waals surface area contributed by atoms with Crippen molar-refractivity contribution in [2.45, 2.75) is 44.2 Å². The molecule has 1 saturated carbocycles. The van der Waals surface area contributed by atoms with Gasteiger partial charge >= 0.3 is 0 Å². The van der Waals surface area contributed by atoms with Crippen molar-refractivity contribution in [1.82, 2.24) is 4.90 Å². The molecule has 1 N–H and O–H groups in total. The van der Waals surface area contributed by atoms with E-state index in [1.54, 1.807) is 0 Å². The lowest BCUT2D eigenvalue weighted by atomic mass is 9.89. The normalized spacial score (nSPS) is 25.7. The Morgan fingerprint density at radius 3 is 2.50 bits per heavy atom. The number of nitrogens with zero attached hydrogens (tertiary/aromatic N) is 1. The van der Waals surface area contributed by atoms with E-state index in [4.69, 9.17) is 0 Å². The maximum atomic E-state index is 12.9. The minimum absolute atomic E-state index is 0.166. The van der Waals surface area contributed by atoms with E-state index in [0.29, 0.717) is 6.04 Å². The number of benzene rings is 1. The first kappa shape index (κ1) is 12.0. The fraction of sp³-hybridized carbons (Fsp3) is 0.600. The summed E-state index contributed by atoms with van der Waals surface area (Å²) in [7, 11) is 0. The average molecular weight is 248 g/mol. The van der Waals surface area contributed by atoms with Crippen LogP contribution in [0.2, 0.25) is 0 Å². The minimum Gasteiger partial charge on any atom is -0.381 e. The molecule has 1 aromatic carbocycles. The molecule has 0 radical (unpaired) electrons. The summed E-state index contributed by atoms with van der Waals surface area (Å²) < 4.78 is 12.9. The maximum Gasteiger partial charge on any atom is 0.123 e. The summed E-state index contributed by atoms with van der Waals surface area (Å²) in [4.78, 5) is 2.63. The van der Waals surface area contributed by atoms with Gasteiger partial charge in [-0.25, -0.2) is 4.39 Å². The van der Waals surface area contributed by atoms with E-state index in [-0.39, 0.29) is 5.82 Å². The number of hydrogen-bond donors (Lipinski definition) is 1. The Labute approximate surface area is 108 Å². The summed E-state index contributed by atoms with van der Waals surface area (Å²) in [6, 6.07) is 8.06. The third kappa shape index (κ3) is 2.66. The third-order valence-electron chi connectivity index (χ3n) is 4.26. The van der Waals surface area contributed by atoms with E-state index in [1.807, 2.05) is 12.1 Å². The summed E-state index contributed by atoms with van der Waals surface area (Å²) in [5, 5.41) is 3.53. The summed E-state index contributed by atoms with van der Waals surface area (Å²) in [5.74, 6) is -0.166. The monoisotopic (exact) mass is 248 g/mol. The summed E-state index contributed by atoms with van der Waals surface area (Å²) >= 11 is 0. The van der Waals surface area contributed by atoms with Crippen LogP contribution in [0.4, 0.5) is 10.1 Å². The molecule has 1 saturated heterocycles. The number of anilines is 1. The lowest BCUT2D eigenvalue weighted by Crippen LogP contribution is -2.49. The fourth-order valence-corrected chi connectivity index (χ4v) is 2.99. The predicted molar refractivity (Wildman–Crippen MR) is 72.3 cm³/mol. The molecule has 3 rings (SSSR count). The van der Waals surface area contributed by atoms with Crippen molar-refractivity contribution in [3.05, 3.63) is 30.1 Å². The Morgan fingerprint density at radius 2 is 1.83 bits per heavy atom. The zero-order valence-electron chi connectivity index (χ0n) is 10.7. The zero-order valence-corrected chi connectivity index (χ0v) is 10.7. The van der Waals surface area contributed by atoms with Gasteiger partial charge in [0.15, 0.2) is 0 Å². The molecule has 2 fully saturated rings. The van der Waals surface area contributed by atoms with Crippen LogP contribution in [0.25, 0.3) is 0 Å². The molecule has 1 aromatic rings. The molecule has 0 aromatic heterocycles. The molecule has 1 aliphatic heterocycles. The van der Waals surface area contributed by atoms with Crippen molar-refractivity contribution in [2.24, 2.45) is 0 Å². The molecule has 3 heteroatoms. The van der Waals surface area contributed by atoms with E-state index in [0.717, 1.165) is 18.3 Å². The lowest BCUT2D eigenvalue weighted by molar-refractivity contribution is 0.0991. The zero-order chi connectivity index (χ0) is 12.4. The Morgan fingerprint density at radius 1 is 1.06 bits per heavy atom. The van der Waals surface area contributed by atoms with Gasteiger partial charge in [-0.2, -0.15) is 0 Å². The lowest BCUT2D eigenvalue weighted by Gasteiger charge is -2.42. The van der Waals surface area contributed by atoms with Crippen molar-refractivity contribution >= 4 is 5.69 Å². The summed E-state index contributed by atoms with van der Waals surface area (Å²) in [5.41, 5.74) is 1.04. The smallest absolute Gasteiger partial charge is 0.123 e. The van der Waals surface area contributed by atoms with Gasteiger partial charge in [0, 0.05) is 24.3 Å².